The van der Waals surface area contributed by atoms with Crippen molar-refractivity contribution in [2.24, 2.45) is 46.3 Å². The molecule has 0 unspecified atom stereocenters. The maximum Gasteiger partial charge on any atom is 0.234 e. The lowest BCUT2D eigenvalue weighted by Gasteiger charge is -2.58. The van der Waals surface area contributed by atoms with Crippen LogP contribution in [0.4, 0.5) is 0 Å². The van der Waals surface area contributed by atoms with Gasteiger partial charge in [-0.15, -0.1) is 0 Å². The highest BCUT2D eigenvalue weighted by Crippen LogP contribution is 2.70. The van der Waals surface area contributed by atoms with Gasteiger partial charge < -0.3 is 15.0 Å². The van der Waals surface area contributed by atoms with Gasteiger partial charge in [-0.05, 0) is 112 Å². The van der Waals surface area contributed by atoms with Crippen LogP contribution in [0.25, 0.3) is 0 Å². The van der Waals surface area contributed by atoms with E-state index in [1.165, 1.54) is 44.9 Å². The van der Waals surface area contributed by atoms with Gasteiger partial charge in [-0.25, -0.2) is 0 Å². The lowest BCUT2D eigenvalue weighted by atomic mass is 9.46. The quantitative estimate of drug-likeness (QED) is 0.541. The fourth-order valence-electron chi connectivity index (χ4n) is 10.5. The second-order valence-corrected chi connectivity index (χ2v) is 14.7. The zero-order valence-electron chi connectivity index (χ0n) is 23.7. The molecule has 6 rings (SSSR count). The standard InChI is InChI=1S/C31H51N3O2/c1-19-9-14-31(32-17-19)20(2)28-26(36-31)16-25-23-8-7-21-15-22(33-27(35)18-34(5)6)10-12-29(21,3)24(23)11-13-30(25,28)4/h7,19-20,22-26,28,32H,8-18H2,1-6H3,(H,33,35)/t19-,20+,22+,23-,24+,25+,26+,28+,29+,30+,31-/m1/s1. The van der Waals surface area contributed by atoms with E-state index in [1.54, 1.807) is 5.57 Å². The SMILES string of the molecule is C[C@@H]1CC[C@@]2(NC1)O[C@H]1C[C@H]3[C@@H]4CC=C5C[C@@H](NC(=O)CN(C)C)CC[C@]5(C)[C@H]4CC[C@]3(C)[C@H]1[C@@H]2C. The number of nitrogens with zero attached hydrogens (tertiary/aromatic N) is 1. The van der Waals surface area contributed by atoms with Crippen LogP contribution in [-0.4, -0.2) is 55.9 Å². The smallest absolute Gasteiger partial charge is 0.234 e. The molecule has 0 radical (unpaired) electrons. The minimum atomic E-state index is -0.0618. The first kappa shape index (κ1) is 25.4. The molecule has 2 aliphatic heterocycles. The molecule has 5 nitrogen and oxygen atoms in total. The summed E-state index contributed by atoms with van der Waals surface area (Å²) >= 11 is 0. The van der Waals surface area contributed by atoms with Gasteiger partial charge in [0.05, 0.1) is 12.6 Å². The molecule has 4 aliphatic carbocycles. The van der Waals surface area contributed by atoms with Crippen LogP contribution in [0.1, 0.15) is 85.5 Å². The number of nitrogens with one attached hydrogen (secondary N) is 2. The highest BCUT2D eigenvalue weighted by Gasteiger charge is 2.68. The van der Waals surface area contributed by atoms with E-state index in [2.05, 4.69) is 44.4 Å². The molecule has 3 saturated carbocycles. The highest BCUT2D eigenvalue weighted by atomic mass is 16.5. The summed E-state index contributed by atoms with van der Waals surface area (Å²) in [6.07, 6.45) is 14.2. The minimum absolute atomic E-state index is 0.0618. The van der Waals surface area contributed by atoms with E-state index in [9.17, 15) is 4.79 Å². The zero-order chi connectivity index (χ0) is 25.5. The Morgan fingerprint density at radius 1 is 1.14 bits per heavy atom. The summed E-state index contributed by atoms with van der Waals surface area (Å²) in [6, 6.07) is 0.309. The maximum atomic E-state index is 12.4. The molecule has 0 aromatic carbocycles. The van der Waals surface area contributed by atoms with Crippen molar-refractivity contribution in [2.75, 3.05) is 27.2 Å². The summed E-state index contributed by atoms with van der Waals surface area (Å²) in [5, 5.41) is 7.23. The van der Waals surface area contributed by atoms with Crippen molar-refractivity contribution in [1.82, 2.24) is 15.5 Å². The van der Waals surface area contributed by atoms with Crippen molar-refractivity contribution in [1.29, 1.82) is 0 Å². The maximum absolute atomic E-state index is 12.4. The lowest BCUT2D eigenvalue weighted by Crippen LogP contribution is -2.57. The van der Waals surface area contributed by atoms with Crippen LogP contribution < -0.4 is 10.6 Å². The Bertz CT molecular complexity index is 907. The summed E-state index contributed by atoms with van der Waals surface area (Å²) in [5.74, 6) is 4.63. The number of ether oxygens (including phenoxy) is 1. The molecule has 2 heterocycles. The van der Waals surface area contributed by atoms with Crippen molar-refractivity contribution in [3.05, 3.63) is 11.6 Å². The Labute approximate surface area is 219 Å². The molecule has 0 bridgehead atoms. The number of amides is 1. The van der Waals surface area contributed by atoms with Gasteiger partial charge in [0.15, 0.2) is 0 Å². The van der Waals surface area contributed by atoms with Crippen molar-refractivity contribution >= 4 is 5.91 Å². The van der Waals surface area contributed by atoms with E-state index in [1.807, 2.05) is 19.0 Å². The van der Waals surface area contributed by atoms with Gasteiger partial charge in [-0.3, -0.25) is 10.1 Å². The molecule has 1 spiro atoms. The van der Waals surface area contributed by atoms with Crippen LogP contribution in [0.5, 0.6) is 0 Å². The summed E-state index contributed by atoms with van der Waals surface area (Å²) < 4.78 is 7.05. The van der Waals surface area contributed by atoms with Crippen LogP contribution in [0, 0.1) is 46.3 Å². The Morgan fingerprint density at radius 2 is 1.94 bits per heavy atom. The van der Waals surface area contributed by atoms with Crippen molar-refractivity contribution in [2.45, 2.75) is 103 Å². The van der Waals surface area contributed by atoms with Crippen LogP contribution in [-0.2, 0) is 9.53 Å². The average molecular weight is 498 g/mol. The number of hydrogen-bond acceptors (Lipinski definition) is 4. The summed E-state index contributed by atoms with van der Waals surface area (Å²) in [6.45, 7) is 11.7. The number of allylic oxidation sites excluding steroid dienone is 1. The first-order valence-electron chi connectivity index (χ1n) is 15.1. The van der Waals surface area contributed by atoms with Crippen LogP contribution in [0.2, 0.25) is 0 Å². The Balaban J connectivity index is 1.18. The number of carbonyl (C=O) groups excluding carboxylic acids is 1. The largest absolute Gasteiger partial charge is 0.357 e. The average Bonchev–Trinajstić information content (AvgIpc) is 3.26. The second-order valence-electron chi connectivity index (χ2n) is 14.7. The molecular formula is C31H51N3O2. The Hall–Kier alpha value is -0.910. The van der Waals surface area contributed by atoms with Gasteiger partial charge in [0.2, 0.25) is 5.91 Å². The fraction of sp³-hybridized carbons (Fsp3) is 0.903. The molecule has 5 heteroatoms. The predicted octanol–water partition coefficient (Wildman–Crippen LogP) is 4.97. The van der Waals surface area contributed by atoms with E-state index in [4.69, 9.17) is 4.74 Å². The van der Waals surface area contributed by atoms with E-state index in [0.29, 0.717) is 41.4 Å². The Morgan fingerprint density at radius 3 is 2.67 bits per heavy atom. The van der Waals surface area contributed by atoms with Crippen molar-refractivity contribution < 1.29 is 9.53 Å². The van der Waals surface area contributed by atoms with Crippen molar-refractivity contribution in [3.8, 4) is 0 Å². The van der Waals surface area contributed by atoms with E-state index < -0.39 is 0 Å². The third-order valence-corrected chi connectivity index (χ3v) is 12.4. The molecule has 6 aliphatic rings. The van der Waals surface area contributed by atoms with Crippen LogP contribution >= 0.6 is 0 Å². The lowest BCUT2D eigenvalue weighted by molar-refractivity contribution is -0.122. The predicted molar refractivity (Wildman–Crippen MR) is 144 cm³/mol. The van der Waals surface area contributed by atoms with Gasteiger partial charge in [-0.1, -0.05) is 39.3 Å². The number of fused-ring (bicyclic) bond motifs is 7. The van der Waals surface area contributed by atoms with E-state index in [-0.39, 0.29) is 11.6 Å². The van der Waals surface area contributed by atoms with Gasteiger partial charge >= 0.3 is 0 Å². The van der Waals surface area contributed by atoms with Crippen LogP contribution in [0.3, 0.4) is 0 Å². The molecule has 11 atom stereocenters. The molecule has 2 saturated heterocycles. The van der Waals surface area contributed by atoms with Crippen molar-refractivity contribution in [3.63, 3.8) is 0 Å². The van der Waals surface area contributed by atoms with Gasteiger partial charge in [0.1, 0.15) is 5.72 Å². The number of rotatable bonds is 3. The molecule has 202 valence electrons. The topological polar surface area (TPSA) is 53.6 Å². The summed E-state index contributed by atoms with van der Waals surface area (Å²) in [4.78, 5) is 14.4. The first-order valence-corrected chi connectivity index (χ1v) is 15.1. The first-order chi connectivity index (χ1) is 17.1. The normalized spacial score (nSPS) is 51.8. The molecule has 0 aromatic rings. The zero-order valence-corrected chi connectivity index (χ0v) is 23.7. The van der Waals surface area contributed by atoms with E-state index in [0.717, 1.165) is 43.1 Å². The molecule has 0 aromatic heterocycles. The van der Waals surface area contributed by atoms with E-state index >= 15 is 0 Å². The monoisotopic (exact) mass is 497 g/mol. The number of likely N-dealkylation sites (N-methyl/N-ethyl adjacent to an activating group) is 1. The minimum Gasteiger partial charge on any atom is -0.357 e. The number of carbonyl (C=O) groups is 1. The summed E-state index contributed by atoms with van der Waals surface area (Å²) in [7, 11) is 3.93. The molecule has 1 amide bonds. The second kappa shape index (κ2) is 8.81. The molecule has 5 fully saturated rings. The highest BCUT2D eigenvalue weighted by molar-refractivity contribution is 5.78. The fourth-order valence-corrected chi connectivity index (χ4v) is 10.5. The third kappa shape index (κ3) is 3.77. The van der Waals surface area contributed by atoms with Gasteiger partial charge in [0.25, 0.3) is 0 Å². The molecule has 2 N–H and O–H groups in total. The number of hydrogen-bond donors (Lipinski definition) is 2. The molecule has 36 heavy (non-hydrogen) atoms. The number of piperidine rings is 1. The van der Waals surface area contributed by atoms with Gasteiger partial charge in [0, 0.05) is 18.5 Å². The van der Waals surface area contributed by atoms with Crippen LogP contribution in [0.15, 0.2) is 11.6 Å². The summed E-state index contributed by atoms with van der Waals surface area (Å²) in [5.41, 5.74) is 2.32. The Kier molecular flexibility index (Phi) is 6.21. The third-order valence-electron chi connectivity index (χ3n) is 12.4. The van der Waals surface area contributed by atoms with Gasteiger partial charge in [-0.2, -0.15) is 0 Å². The molecular weight excluding hydrogens is 446 g/mol.